The monoisotopic (exact) mass is 1540 g/mol. The maximum absolute atomic E-state index is 13.2. The predicted octanol–water partition coefficient (Wildman–Crippen LogP) is 18.3. The number of carbonyl (C=O) groups excluding carboxylic acids is 3. The minimum Gasteiger partial charge on any atom is -0.489 e. The third-order valence-electron chi connectivity index (χ3n) is 17.5. The molecule has 2 fully saturated rings. The molecule has 110 heavy (non-hydrogen) atoms. The summed E-state index contributed by atoms with van der Waals surface area (Å²) in [5.74, 6) is 5.59. The number of H-pyrrole nitrogens is 1. The van der Waals surface area contributed by atoms with Crippen molar-refractivity contribution in [2.24, 2.45) is 0 Å². The number of carbonyl (C=O) groups is 3. The SMILES string of the molecule is C.C.C.CC(C)(C)OC(=O)N1CCN(c2ccc3nc(-c4ccc(OCc5ccccc5)cc4)n(COCC[Si](C)(C)C)c3n2)C(=O)C1.C[Si](C)(C)CCOCn1c(-c2ccc(OCc3ccccc3)cc2)nc2ccc(Cl)nc21.O=C1CNCCN1c1ccc2[nH]c(-c3ccc(OCc4ccccc4)cc3)nc2n1. The number of nitrogens with one attached hydrogen (secondary N) is 2. The summed E-state index contributed by atoms with van der Waals surface area (Å²) in [7, 11) is -2.44. The minimum absolute atomic E-state index is 0. The Hall–Kier alpha value is -10.6. The number of ether oxygens (including phenoxy) is 6. The first-order valence-electron chi connectivity index (χ1n) is 36.0. The van der Waals surface area contributed by atoms with Crippen molar-refractivity contribution in [1.29, 1.82) is 0 Å². The average Bonchev–Trinajstić information content (AvgIpc) is 1.62. The molecule has 0 aliphatic carbocycles. The van der Waals surface area contributed by atoms with Gasteiger partial charge in [0.2, 0.25) is 11.8 Å². The largest absolute Gasteiger partial charge is 0.489 e. The highest BCUT2D eigenvalue weighted by molar-refractivity contribution is 6.76. The molecule has 0 atom stereocenters. The second-order valence-electron chi connectivity index (χ2n) is 29.6. The Kier molecular flexibility index (Phi) is 28.9. The Morgan fingerprint density at radius 1 is 0.491 bits per heavy atom. The van der Waals surface area contributed by atoms with E-state index < -0.39 is 27.8 Å². The number of fused-ring (bicyclic) bond motifs is 3. The highest BCUT2D eigenvalue weighted by atomic mass is 35.5. The Labute approximate surface area is 653 Å². The number of aromatic amines is 1. The summed E-state index contributed by atoms with van der Waals surface area (Å²) >= 11 is 6.17. The number of benzene rings is 6. The van der Waals surface area contributed by atoms with Gasteiger partial charge in [0.05, 0.1) is 12.1 Å². The third kappa shape index (κ3) is 23.0. The van der Waals surface area contributed by atoms with Crippen molar-refractivity contribution >= 4 is 90.8 Å². The molecule has 6 aromatic carbocycles. The summed E-state index contributed by atoms with van der Waals surface area (Å²) in [6.07, 6.45) is -0.492. The Morgan fingerprint density at radius 2 is 0.936 bits per heavy atom. The second kappa shape index (κ2) is 38.2. The molecule has 8 heterocycles. The van der Waals surface area contributed by atoms with Gasteiger partial charge in [-0.2, -0.15) is 0 Å². The third-order valence-corrected chi connectivity index (χ3v) is 21.1. The lowest BCUT2D eigenvalue weighted by molar-refractivity contribution is -0.121. The van der Waals surface area contributed by atoms with Crippen LogP contribution in [-0.2, 0) is 57.1 Å². The Morgan fingerprint density at radius 3 is 1.40 bits per heavy atom. The normalized spacial score (nSPS) is 13.1. The number of aromatic nitrogens is 9. The first-order valence-corrected chi connectivity index (χ1v) is 43.8. The lowest BCUT2D eigenvalue weighted by Crippen LogP contribution is -2.53. The number of amides is 3. The van der Waals surface area contributed by atoms with Crippen LogP contribution in [0.3, 0.4) is 0 Å². The molecule has 0 bridgehead atoms. The molecule has 3 amide bonds. The molecule has 0 spiro atoms. The number of hydrogen-bond acceptors (Lipinski definition) is 16. The maximum Gasteiger partial charge on any atom is 0.410 e. The molecule has 578 valence electrons. The van der Waals surface area contributed by atoms with E-state index in [-0.39, 0.29) is 47.4 Å². The molecule has 12 aromatic rings. The van der Waals surface area contributed by atoms with Crippen molar-refractivity contribution in [3.05, 3.63) is 222 Å². The number of hydrogen-bond donors (Lipinski definition) is 2. The zero-order valence-electron chi connectivity index (χ0n) is 62.1. The quantitative estimate of drug-likeness (QED) is 0.0325. The second-order valence-corrected chi connectivity index (χ2v) is 41.2. The zero-order valence-corrected chi connectivity index (χ0v) is 64.9. The lowest BCUT2D eigenvalue weighted by atomic mass is 10.2. The van der Waals surface area contributed by atoms with Gasteiger partial charge in [0.1, 0.15) is 108 Å². The van der Waals surface area contributed by atoms with E-state index in [1.807, 2.05) is 206 Å². The van der Waals surface area contributed by atoms with Gasteiger partial charge in [-0.1, -0.05) is 164 Å². The van der Waals surface area contributed by atoms with Crippen LogP contribution in [0.1, 0.15) is 59.7 Å². The number of rotatable bonds is 24. The van der Waals surface area contributed by atoms with Crippen LogP contribution in [0.5, 0.6) is 17.2 Å². The molecule has 14 rings (SSSR count). The van der Waals surface area contributed by atoms with Crippen molar-refractivity contribution in [2.45, 2.75) is 133 Å². The predicted molar refractivity (Wildman–Crippen MR) is 446 cm³/mol. The maximum atomic E-state index is 13.2. The van der Waals surface area contributed by atoms with Crippen LogP contribution in [0, 0.1) is 0 Å². The Bertz CT molecular complexity index is 4960. The van der Waals surface area contributed by atoms with E-state index in [9.17, 15) is 14.4 Å². The number of halogens is 1. The summed E-state index contributed by atoms with van der Waals surface area (Å²) in [6.45, 7) is 25.3. The topological polar surface area (TPSA) is 231 Å². The zero-order chi connectivity index (χ0) is 75.1. The Balaban J connectivity index is 0.000000192. The van der Waals surface area contributed by atoms with Gasteiger partial charge < -0.3 is 38.7 Å². The van der Waals surface area contributed by atoms with E-state index in [4.69, 9.17) is 55.0 Å². The fourth-order valence-electron chi connectivity index (χ4n) is 11.6. The molecule has 22 nitrogen and oxygen atoms in total. The van der Waals surface area contributed by atoms with Crippen LogP contribution < -0.4 is 29.3 Å². The lowest BCUT2D eigenvalue weighted by Gasteiger charge is -2.34. The number of anilines is 2. The first-order chi connectivity index (χ1) is 51.5. The minimum atomic E-state index is -1.28. The standard InChI is InChI=1S/C34H43N5O5Si.C25H28ClN3O2Si.C23H21N5O2.3CH4/c1-34(2,3)44-33(41)37-18-19-38(30(40)22-37)29-17-16-28-32(36-29)39(24-42-20-21-45(4,5)6)31(35-28)26-12-14-27(15-13-26)43-23-25-10-8-7-9-11-25;1-32(2,3)16-15-30-18-29-24(27-22-13-14-23(26)28-25(22)29)20-9-11-21(12-10-20)31-17-19-7-5-4-6-8-19;29-21-14-24-12-13-28(21)20-11-10-19-23(26-20)27-22(25-19)17-6-8-18(9-7-17)30-15-16-4-2-1-3-5-16;;;/h7-17H,18-24H2,1-6H3;4-14H,15-18H2,1-3H3;1-11,24H,12-15H2,(H,25,26,27);3*1H4. The smallest absolute Gasteiger partial charge is 0.410 e. The molecule has 2 aliphatic rings. The average molecular weight is 1540 g/mol. The molecular weight excluding hydrogens is 1440 g/mol. The highest BCUT2D eigenvalue weighted by Crippen LogP contribution is 2.32. The fourth-order valence-corrected chi connectivity index (χ4v) is 13.3. The molecule has 0 saturated carbocycles. The summed E-state index contributed by atoms with van der Waals surface area (Å²) < 4.78 is 39.4. The summed E-state index contributed by atoms with van der Waals surface area (Å²) in [5, 5.41) is 3.51. The number of piperazine rings is 2. The van der Waals surface area contributed by atoms with Gasteiger partial charge in [0.25, 0.3) is 0 Å². The van der Waals surface area contributed by atoms with E-state index in [0.29, 0.717) is 92.9 Å². The molecule has 2 saturated heterocycles. The molecule has 25 heteroatoms. The number of imidazole rings is 3. The molecular formula is C85H104ClN13O9Si2. The van der Waals surface area contributed by atoms with Crippen LogP contribution in [0.2, 0.25) is 56.5 Å². The summed E-state index contributed by atoms with van der Waals surface area (Å²) in [4.78, 5) is 74.3. The molecule has 0 unspecified atom stereocenters. The van der Waals surface area contributed by atoms with Gasteiger partial charge >= 0.3 is 6.09 Å². The van der Waals surface area contributed by atoms with Crippen LogP contribution in [0.15, 0.2) is 200 Å². The van der Waals surface area contributed by atoms with Gasteiger partial charge in [-0.25, -0.2) is 34.7 Å². The molecule has 2 N–H and O–H groups in total. The molecule has 2 aliphatic heterocycles. The van der Waals surface area contributed by atoms with Crippen molar-refractivity contribution in [1.82, 2.24) is 54.2 Å². The van der Waals surface area contributed by atoms with Crippen molar-refractivity contribution in [2.75, 3.05) is 62.3 Å². The van der Waals surface area contributed by atoms with E-state index in [2.05, 4.69) is 76.7 Å². The van der Waals surface area contributed by atoms with Gasteiger partial charge in [-0.05, 0) is 159 Å². The number of pyridine rings is 3. The molecule has 0 radical (unpaired) electrons. The van der Waals surface area contributed by atoms with Gasteiger partial charge in [0.15, 0.2) is 16.9 Å². The van der Waals surface area contributed by atoms with E-state index in [1.165, 1.54) is 4.90 Å². The van der Waals surface area contributed by atoms with E-state index in [0.717, 1.165) is 110 Å². The highest BCUT2D eigenvalue weighted by Gasteiger charge is 2.32. The van der Waals surface area contributed by atoms with Crippen LogP contribution in [0.4, 0.5) is 16.4 Å². The molecule has 6 aromatic heterocycles. The number of nitrogens with zero attached hydrogens (tertiary/aromatic N) is 11. The van der Waals surface area contributed by atoms with E-state index in [1.54, 1.807) is 21.9 Å². The van der Waals surface area contributed by atoms with Crippen molar-refractivity contribution in [3.8, 4) is 51.4 Å². The van der Waals surface area contributed by atoms with Crippen molar-refractivity contribution < 1.29 is 42.8 Å². The van der Waals surface area contributed by atoms with E-state index >= 15 is 0 Å². The summed E-state index contributed by atoms with van der Waals surface area (Å²) in [6, 6.07) is 67.1. The van der Waals surface area contributed by atoms with Gasteiger partial charge in [0, 0.05) is 72.2 Å². The van der Waals surface area contributed by atoms with Crippen molar-refractivity contribution in [3.63, 3.8) is 0 Å². The summed E-state index contributed by atoms with van der Waals surface area (Å²) in [5.41, 5.74) is 9.83. The van der Waals surface area contributed by atoms with Crippen LogP contribution in [-0.4, -0.2) is 141 Å². The van der Waals surface area contributed by atoms with Crippen LogP contribution >= 0.6 is 11.6 Å². The van der Waals surface area contributed by atoms with Gasteiger partial charge in [-0.3, -0.25) is 33.4 Å². The fraction of sp³-hybridized carbons (Fsp3) is 0.329. The van der Waals surface area contributed by atoms with Crippen LogP contribution in [0.25, 0.3) is 67.7 Å². The first kappa shape index (κ1) is 83.4. The van der Waals surface area contributed by atoms with Gasteiger partial charge in [-0.15, -0.1) is 0 Å².